The predicted octanol–water partition coefficient (Wildman–Crippen LogP) is 1.56. The van der Waals surface area contributed by atoms with E-state index >= 15 is 0 Å². The molecule has 0 aromatic carbocycles. The van der Waals surface area contributed by atoms with Crippen molar-refractivity contribution < 1.29 is 0 Å². The van der Waals surface area contributed by atoms with Crippen molar-refractivity contribution in [1.29, 1.82) is 0 Å². The Labute approximate surface area is 58.9 Å². The Morgan fingerprint density at radius 3 is 3.00 bits per heavy atom. The van der Waals surface area contributed by atoms with Crippen LogP contribution in [0.2, 0.25) is 0 Å². The van der Waals surface area contributed by atoms with E-state index in [-0.39, 0.29) is 0 Å². The SMILES string of the molecule is c1csc(CN2CC2)c1. The van der Waals surface area contributed by atoms with E-state index in [1.807, 2.05) is 11.3 Å². The fourth-order valence-corrected chi connectivity index (χ4v) is 1.60. The molecule has 2 rings (SSSR count). The third-order valence-electron chi connectivity index (χ3n) is 1.50. The molecule has 2 heterocycles. The van der Waals surface area contributed by atoms with Crippen molar-refractivity contribution in [2.75, 3.05) is 13.1 Å². The van der Waals surface area contributed by atoms with E-state index in [0.29, 0.717) is 0 Å². The molecule has 48 valence electrons. The van der Waals surface area contributed by atoms with Crippen molar-refractivity contribution >= 4 is 11.3 Å². The maximum atomic E-state index is 2.42. The fraction of sp³-hybridized carbons (Fsp3) is 0.429. The largest absolute Gasteiger partial charge is 0.296 e. The molecule has 1 fully saturated rings. The molecule has 1 aromatic heterocycles. The molecule has 0 atom stereocenters. The van der Waals surface area contributed by atoms with Crippen LogP contribution in [0.5, 0.6) is 0 Å². The molecular formula is C7H9NS. The third-order valence-corrected chi connectivity index (χ3v) is 2.36. The van der Waals surface area contributed by atoms with E-state index in [9.17, 15) is 0 Å². The van der Waals surface area contributed by atoms with Crippen molar-refractivity contribution in [3.8, 4) is 0 Å². The molecule has 0 amide bonds. The Morgan fingerprint density at radius 1 is 1.56 bits per heavy atom. The highest BCUT2D eigenvalue weighted by Gasteiger charge is 2.16. The molecule has 1 nitrogen and oxygen atoms in total. The van der Waals surface area contributed by atoms with Crippen LogP contribution >= 0.6 is 11.3 Å². The monoisotopic (exact) mass is 139 g/mol. The molecule has 0 saturated carbocycles. The van der Waals surface area contributed by atoms with E-state index in [1.165, 1.54) is 24.5 Å². The van der Waals surface area contributed by atoms with Gasteiger partial charge in [-0.2, -0.15) is 0 Å². The number of hydrogen-bond acceptors (Lipinski definition) is 2. The highest BCUT2D eigenvalue weighted by Crippen LogP contribution is 2.15. The van der Waals surface area contributed by atoms with E-state index < -0.39 is 0 Å². The molecule has 0 spiro atoms. The van der Waals surface area contributed by atoms with Crippen LogP contribution in [0.4, 0.5) is 0 Å². The van der Waals surface area contributed by atoms with Gasteiger partial charge in [-0.1, -0.05) is 6.07 Å². The third kappa shape index (κ3) is 1.32. The van der Waals surface area contributed by atoms with Crippen LogP contribution in [-0.4, -0.2) is 18.0 Å². The van der Waals surface area contributed by atoms with Crippen LogP contribution in [0.25, 0.3) is 0 Å². The van der Waals surface area contributed by atoms with Gasteiger partial charge in [0, 0.05) is 24.5 Å². The van der Waals surface area contributed by atoms with Gasteiger partial charge >= 0.3 is 0 Å². The van der Waals surface area contributed by atoms with E-state index in [2.05, 4.69) is 22.4 Å². The van der Waals surface area contributed by atoms with Crippen LogP contribution in [0, 0.1) is 0 Å². The predicted molar refractivity (Wildman–Crippen MR) is 39.6 cm³/mol. The Kier molecular flexibility index (Phi) is 1.28. The normalized spacial score (nSPS) is 18.2. The lowest BCUT2D eigenvalue weighted by atomic mass is 10.5. The molecule has 9 heavy (non-hydrogen) atoms. The quantitative estimate of drug-likeness (QED) is 0.562. The maximum Gasteiger partial charge on any atom is 0.0328 e. The minimum absolute atomic E-state index is 1.18. The summed E-state index contributed by atoms with van der Waals surface area (Å²) in [5.41, 5.74) is 0. The summed E-state index contributed by atoms with van der Waals surface area (Å²) in [5, 5.41) is 2.14. The zero-order chi connectivity index (χ0) is 6.10. The average Bonchev–Trinajstić information content (AvgIpc) is 2.46. The molecule has 1 saturated heterocycles. The Morgan fingerprint density at radius 2 is 2.44 bits per heavy atom. The topological polar surface area (TPSA) is 3.01 Å². The average molecular weight is 139 g/mol. The highest BCUT2D eigenvalue weighted by atomic mass is 32.1. The van der Waals surface area contributed by atoms with Crippen molar-refractivity contribution in [2.45, 2.75) is 6.54 Å². The molecule has 0 aliphatic carbocycles. The van der Waals surface area contributed by atoms with E-state index in [0.717, 1.165) is 0 Å². The van der Waals surface area contributed by atoms with Crippen molar-refractivity contribution in [3.05, 3.63) is 22.4 Å². The fourth-order valence-electron chi connectivity index (χ4n) is 0.852. The van der Waals surface area contributed by atoms with Crippen LogP contribution in [0.3, 0.4) is 0 Å². The van der Waals surface area contributed by atoms with Crippen molar-refractivity contribution in [3.63, 3.8) is 0 Å². The lowest BCUT2D eigenvalue weighted by Gasteiger charge is -1.93. The molecule has 1 aliphatic rings. The first-order valence-electron chi connectivity index (χ1n) is 3.20. The number of nitrogens with zero attached hydrogens (tertiary/aromatic N) is 1. The van der Waals surface area contributed by atoms with Crippen LogP contribution in [-0.2, 0) is 6.54 Å². The number of hydrogen-bond donors (Lipinski definition) is 0. The van der Waals surface area contributed by atoms with E-state index in [4.69, 9.17) is 0 Å². The smallest absolute Gasteiger partial charge is 0.0328 e. The van der Waals surface area contributed by atoms with Crippen LogP contribution in [0.15, 0.2) is 17.5 Å². The lowest BCUT2D eigenvalue weighted by Crippen LogP contribution is -1.92. The van der Waals surface area contributed by atoms with Gasteiger partial charge in [-0.25, -0.2) is 0 Å². The zero-order valence-electron chi connectivity index (χ0n) is 5.21. The molecule has 1 aromatic rings. The molecule has 0 radical (unpaired) electrons. The Hall–Kier alpha value is -0.340. The minimum atomic E-state index is 1.18. The second-order valence-corrected chi connectivity index (χ2v) is 3.39. The summed E-state index contributed by atoms with van der Waals surface area (Å²) < 4.78 is 0. The first-order chi connectivity index (χ1) is 4.45. The van der Waals surface area contributed by atoms with Gasteiger partial charge in [0.1, 0.15) is 0 Å². The zero-order valence-corrected chi connectivity index (χ0v) is 6.03. The Bertz CT molecular complexity index is 177. The minimum Gasteiger partial charge on any atom is -0.296 e. The Balaban J connectivity index is 1.99. The van der Waals surface area contributed by atoms with E-state index in [1.54, 1.807) is 0 Å². The first-order valence-corrected chi connectivity index (χ1v) is 4.08. The summed E-state index contributed by atoms with van der Waals surface area (Å²) in [4.78, 5) is 3.92. The van der Waals surface area contributed by atoms with Gasteiger partial charge < -0.3 is 0 Å². The summed E-state index contributed by atoms with van der Waals surface area (Å²) in [6.45, 7) is 3.79. The molecule has 0 N–H and O–H groups in total. The summed E-state index contributed by atoms with van der Waals surface area (Å²) in [5.74, 6) is 0. The van der Waals surface area contributed by atoms with Gasteiger partial charge in [0.2, 0.25) is 0 Å². The summed E-state index contributed by atoms with van der Waals surface area (Å²) >= 11 is 1.85. The standard InChI is InChI=1S/C7H9NS/c1-2-7(9-5-1)6-8-3-4-8/h1-2,5H,3-4,6H2. The van der Waals surface area contributed by atoms with Crippen molar-refractivity contribution in [1.82, 2.24) is 4.90 Å². The highest BCUT2D eigenvalue weighted by molar-refractivity contribution is 7.09. The van der Waals surface area contributed by atoms with Gasteiger partial charge in [0.25, 0.3) is 0 Å². The molecule has 2 heteroatoms. The molecular weight excluding hydrogens is 130 g/mol. The second-order valence-electron chi connectivity index (χ2n) is 2.36. The lowest BCUT2D eigenvalue weighted by molar-refractivity contribution is 0.563. The first kappa shape index (κ1) is 5.45. The van der Waals surface area contributed by atoms with Gasteiger partial charge in [0.05, 0.1) is 0 Å². The number of rotatable bonds is 2. The summed E-state index contributed by atoms with van der Waals surface area (Å²) in [6, 6.07) is 4.31. The van der Waals surface area contributed by atoms with Gasteiger partial charge in [0.15, 0.2) is 0 Å². The number of thiophene rings is 1. The summed E-state index contributed by atoms with van der Waals surface area (Å²) in [7, 11) is 0. The molecule has 0 bridgehead atoms. The second kappa shape index (κ2) is 2.12. The maximum absolute atomic E-state index is 2.42. The summed E-state index contributed by atoms with van der Waals surface area (Å²) in [6.07, 6.45) is 0. The molecule has 0 unspecified atom stereocenters. The van der Waals surface area contributed by atoms with Crippen LogP contribution in [0.1, 0.15) is 4.88 Å². The van der Waals surface area contributed by atoms with Crippen LogP contribution < -0.4 is 0 Å². The van der Waals surface area contributed by atoms with Gasteiger partial charge in [-0.3, -0.25) is 4.90 Å². The van der Waals surface area contributed by atoms with Gasteiger partial charge in [-0.05, 0) is 11.4 Å². The van der Waals surface area contributed by atoms with Gasteiger partial charge in [-0.15, -0.1) is 11.3 Å². The van der Waals surface area contributed by atoms with Crippen molar-refractivity contribution in [2.24, 2.45) is 0 Å². The molecule has 1 aliphatic heterocycles.